The fourth-order valence-corrected chi connectivity index (χ4v) is 1.73. The van der Waals surface area contributed by atoms with Crippen molar-refractivity contribution in [2.75, 3.05) is 13.7 Å². The van der Waals surface area contributed by atoms with Gasteiger partial charge in [0.05, 0.1) is 18.8 Å². The number of nitrogens with zero attached hydrogens (tertiary/aromatic N) is 4. The van der Waals surface area contributed by atoms with Crippen molar-refractivity contribution in [3.05, 3.63) is 42.1 Å². The molecule has 2 aromatic heterocycles. The van der Waals surface area contributed by atoms with Crippen LogP contribution >= 0.6 is 0 Å². The van der Waals surface area contributed by atoms with Crippen molar-refractivity contribution in [1.82, 2.24) is 25.5 Å². The number of aromatic nitrogens is 4. The number of methoxy groups -OCH3 is 1. The van der Waals surface area contributed by atoms with E-state index in [9.17, 15) is 0 Å². The van der Waals surface area contributed by atoms with Crippen LogP contribution in [0.25, 0.3) is 0 Å². The van der Waals surface area contributed by atoms with E-state index in [2.05, 4.69) is 32.4 Å². The molecule has 0 bridgehead atoms. The number of rotatable bonds is 6. The lowest BCUT2D eigenvalue weighted by Gasteiger charge is -2.17. The van der Waals surface area contributed by atoms with Gasteiger partial charge in [0, 0.05) is 24.0 Å². The second kappa shape index (κ2) is 6.75. The zero-order valence-electron chi connectivity index (χ0n) is 11.1. The van der Waals surface area contributed by atoms with Crippen LogP contribution in [0.1, 0.15) is 30.6 Å². The molecule has 0 aromatic carbocycles. The molecule has 2 aromatic rings. The van der Waals surface area contributed by atoms with Gasteiger partial charge in [0.1, 0.15) is 6.33 Å². The van der Waals surface area contributed by atoms with Crippen molar-refractivity contribution >= 4 is 0 Å². The number of nitrogens with one attached hydrogen (secondary N) is 1. The highest BCUT2D eigenvalue weighted by atomic mass is 16.5. The summed E-state index contributed by atoms with van der Waals surface area (Å²) >= 11 is 0. The van der Waals surface area contributed by atoms with E-state index in [1.54, 1.807) is 25.6 Å². The van der Waals surface area contributed by atoms with Crippen molar-refractivity contribution in [1.29, 1.82) is 0 Å². The van der Waals surface area contributed by atoms with Gasteiger partial charge in [0.25, 0.3) is 0 Å². The zero-order chi connectivity index (χ0) is 13.5. The Hall–Kier alpha value is -2.08. The van der Waals surface area contributed by atoms with Gasteiger partial charge in [-0.2, -0.15) is 0 Å². The molecule has 0 fully saturated rings. The number of hydrogen-bond donors (Lipinski definition) is 1. The predicted molar refractivity (Wildman–Crippen MR) is 70.8 cm³/mol. The summed E-state index contributed by atoms with van der Waals surface area (Å²) in [5.74, 6) is 0.502. The predicted octanol–water partition coefficient (Wildman–Crippen LogP) is 1.36. The Kier molecular flexibility index (Phi) is 4.74. The highest BCUT2D eigenvalue weighted by Crippen LogP contribution is 2.19. The first-order valence-corrected chi connectivity index (χ1v) is 6.21. The second-order valence-electron chi connectivity index (χ2n) is 4.06. The maximum absolute atomic E-state index is 5.02. The Labute approximate surface area is 112 Å². The minimum Gasteiger partial charge on any atom is -0.480 e. The van der Waals surface area contributed by atoms with Crippen LogP contribution in [-0.2, 0) is 0 Å². The normalized spacial score (nSPS) is 12.1. The van der Waals surface area contributed by atoms with Gasteiger partial charge in [0.2, 0.25) is 5.88 Å². The lowest BCUT2D eigenvalue weighted by molar-refractivity contribution is 0.390. The Balaban J connectivity index is 2.26. The van der Waals surface area contributed by atoms with E-state index in [1.807, 2.05) is 6.07 Å². The summed E-state index contributed by atoms with van der Waals surface area (Å²) in [6.45, 7) is 3.00. The third kappa shape index (κ3) is 3.45. The van der Waals surface area contributed by atoms with Gasteiger partial charge >= 0.3 is 0 Å². The van der Waals surface area contributed by atoms with Crippen LogP contribution in [0.2, 0.25) is 0 Å². The standard InChI is InChI=1S/C13H17N5O/c1-3-6-16-13(10-7-14-9-15-8-10)11-4-5-12(19-2)18-17-11/h4-5,7-9,13,16H,3,6H2,1-2H3. The summed E-state index contributed by atoms with van der Waals surface area (Å²) in [5, 5.41) is 11.6. The van der Waals surface area contributed by atoms with Gasteiger partial charge in [-0.3, -0.25) is 0 Å². The molecule has 0 aliphatic rings. The van der Waals surface area contributed by atoms with E-state index in [-0.39, 0.29) is 6.04 Å². The van der Waals surface area contributed by atoms with E-state index < -0.39 is 0 Å². The molecule has 6 heteroatoms. The molecule has 0 amide bonds. The zero-order valence-corrected chi connectivity index (χ0v) is 11.1. The molecule has 0 aliphatic heterocycles. The van der Waals surface area contributed by atoms with Gasteiger partial charge in [-0.15, -0.1) is 10.2 Å². The van der Waals surface area contributed by atoms with Crippen LogP contribution in [0, 0.1) is 0 Å². The van der Waals surface area contributed by atoms with Gasteiger partial charge in [-0.1, -0.05) is 6.92 Å². The lowest BCUT2D eigenvalue weighted by Crippen LogP contribution is -2.24. The topological polar surface area (TPSA) is 72.8 Å². The summed E-state index contributed by atoms with van der Waals surface area (Å²) in [5.41, 5.74) is 1.79. The highest BCUT2D eigenvalue weighted by molar-refractivity contribution is 5.24. The molecule has 1 N–H and O–H groups in total. The van der Waals surface area contributed by atoms with Crippen molar-refractivity contribution in [3.8, 4) is 5.88 Å². The monoisotopic (exact) mass is 259 g/mol. The Morgan fingerprint density at radius 1 is 1.21 bits per heavy atom. The van der Waals surface area contributed by atoms with E-state index in [0.717, 1.165) is 24.2 Å². The quantitative estimate of drug-likeness (QED) is 0.844. The molecule has 0 aliphatic carbocycles. The SMILES string of the molecule is CCCNC(c1cncnc1)c1ccc(OC)nn1. The van der Waals surface area contributed by atoms with Gasteiger partial charge in [-0.25, -0.2) is 9.97 Å². The van der Waals surface area contributed by atoms with Crippen LogP contribution < -0.4 is 10.1 Å². The van der Waals surface area contributed by atoms with E-state index in [1.165, 1.54) is 6.33 Å². The van der Waals surface area contributed by atoms with Gasteiger partial charge < -0.3 is 10.1 Å². The molecule has 2 rings (SSSR count). The summed E-state index contributed by atoms with van der Waals surface area (Å²) < 4.78 is 5.02. The van der Waals surface area contributed by atoms with Crippen molar-refractivity contribution < 1.29 is 4.74 Å². The first-order valence-electron chi connectivity index (χ1n) is 6.21. The largest absolute Gasteiger partial charge is 0.480 e. The average Bonchev–Trinajstić information content (AvgIpc) is 2.49. The fourth-order valence-electron chi connectivity index (χ4n) is 1.73. The van der Waals surface area contributed by atoms with Crippen LogP contribution in [0.15, 0.2) is 30.9 Å². The maximum atomic E-state index is 5.02. The molecule has 0 saturated carbocycles. The maximum Gasteiger partial charge on any atom is 0.233 e. The Morgan fingerprint density at radius 2 is 2.00 bits per heavy atom. The first kappa shape index (κ1) is 13.4. The minimum absolute atomic E-state index is 0.0560. The molecule has 2 heterocycles. The number of ether oxygens (including phenoxy) is 1. The van der Waals surface area contributed by atoms with E-state index in [0.29, 0.717) is 5.88 Å². The van der Waals surface area contributed by atoms with Gasteiger partial charge in [-0.05, 0) is 19.0 Å². The first-order chi connectivity index (χ1) is 9.35. The van der Waals surface area contributed by atoms with Crippen molar-refractivity contribution in [3.63, 3.8) is 0 Å². The summed E-state index contributed by atoms with van der Waals surface area (Å²) in [7, 11) is 1.57. The highest BCUT2D eigenvalue weighted by Gasteiger charge is 2.16. The van der Waals surface area contributed by atoms with Crippen LogP contribution in [-0.4, -0.2) is 33.8 Å². The van der Waals surface area contributed by atoms with Crippen LogP contribution in [0.5, 0.6) is 5.88 Å². The molecule has 0 saturated heterocycles. The van der Waals surface area contributed by atoms with Crippen LogP contribution in [0.4, 0.5) is 0 Å². The smallest absolute Gasteiger partial charge is 0.233 e. The van der Waals surface area contributed by atoms with E-state index >= 15 is 0 Å². The molecular formula is C13H17N5O. The number of hydrogen-bond acceptors (Lipinski definition) is 6. The second-order valence-corrected chi connectivity index (χ2v) is 4.06. The molecule has 0 radical (unpaired) electrons. The molecule has 1 unspecified atom stereocenters. The average molecular weight is 259 g/mol. The molecule has 100 valence electrons. The van der Waals surface area contributed by atoms with Crippen molar-refractivity contribution in [2.24, 2.45) is 0 Å². The Morgan fingerprint density at radius 3 is 2.58 bits per heavy atom. The van der Waals surface area contributed by atoms with Gasteiger partial charge in [0.15, 0.2) is 0 Å². The Bertz CT molecular complexity index is 488. The summed E-state index contributed by atoms with van der Waals surface area (Å²) in [6.07, 6.45) is 6.12. The lowest BCUT2D eigenvalue weighted by atomic mass is 10.1. The summed E-state index contributed by atoms with van der Waals surface area (Å²) in [4.78, 5) is 8.10. The molecule has 0 spiro atoms. The third-order valence-electron chi connectivity index (χ3n) is 2.68. The van der Waals surface area contributed by atoms with E-state index in [4.69, 9.17) is 4.74 Å². The molecule has 6 nitrogen and oxygen atoms in total. The summed E-state index contributed by atoms with van der Waals surface area (Å²) in [6, 6.07) is 3.64. The molecule has 19 heavy (non-hydrogen) atoms. The van der Waals surface area contributed by atoms with Crippen molar-refractivity contribution in [2.45, 2.75) is 19.4 Å². The van der Waals surface area contributed by atoms with Crippen LogP contribution in [0.3, 0.4) is 0 Å². The fraction of sp³-hybridized carbons (Fsp3) is 0.385. The third-order valence-corrected chi connectivity index (χ3v) is 2.68. The minimum atomic E-state index is -0.0560. The molecule has 1 atom stereocenters. The molecular weight excluding hydrogens is 242 g/mol.